The van der Waals surface area contributed by atoms with E-state index in [9.17, 15) is 9.18 Å². The van der Waals surface area contributed by atoms with Crippen molar-refractivity contribution in [1.82, 2.24) is 29.6 Å². The van der Waals surface area contributed by atoms with E-state index in [0.29, 0.717) is 43.3 Å². The second-order valence-electron chi connectivity index (χ2n) is 8.23. The minimum absolute atomic E-state index is 0.0456. The highest BCUT2D eigenvalue weighted by Gasteiger charge is 2.33. The van der Waals surface area contributed by atoms with Gasteiger partial charge in [-0.1, -0.05) is 12.1 Å². The number of likely N-dealkylation sites (tertiary alicyclic amines) is 1. The Balaban J connectivity index is 1.32. The van der Waals surface area contributed by atoms with Gasteiger partial charge < -0.3 is 14.2 Å². The van der Waals surface area contributed by atoms with E-state index in [1.807, 2.05) is 27.7 Å². The molecule has 1 aliphatic heterocycles. The first-order valence-electron chi connectivity index (χ1n) is 11.0. The summed E-state index contributed by atoms with van der Waals surface area (Å²) in [6.45, 7) is 1.96. The molecule has 1 saturated heterocycles. The number of imidazole rings is 1. The predicted octanol–water partition coefficient (Wildman–Crippen LogP) is 3.51. The number of nitrogens with one attached hydrogen (secondary N) is 1. The van der Waals surface area contributed by atoms with Gasteiger partial charge in [0.25, 0.3) is 5.91 Å². The van der Waals surface area contributed by atoms with Crippen LogP contribution in [0.25, 0.3) is 11.0 Å². The van der Waals surface area contributed by atoms with Crippen molar-refractivity contribution in [2.24, 2.45) is 0 Å². The molecule has 0 radical (unpaired) electrons. The van der Waals surface area contributed by atoms with Crippen LogP contribution in [0.3, 0.4) is 0 Å². The number of carbonyl (C=O) groups is 1. The summed E-state index contributed by atoms with van der Waals surface area (Å²) in [6, 6.07) is 11.8. The zero-order valence-corrected chi connectivity index (χ0v) is 18.4. The lowest BCUT2D eigenvalue weighted by Crippen LogP contribution is -2.31. The molecule has 1 N–H and O–H groups in total. The fourth-order valence-electron chi connectivity index (χ4n) is 4.34. The van der Waals surface area contributed by atoms with E-state index in [1.165, 1.54) is 12.1 Å². The van der Waals surface area contributed by atoms with Gasteiger partial charge in [0.15, 0.2) is 5.82 Å². The number of hydrogen-bond acceptors (Lipinski definition) is 5. The first kappa shape index (κ1) is 21.3. The molecule has 2 aromatic heterocycles. The molecule has 33 heavy (non-hydrogen) atoms. The summed E-state index contributed by atoms with van der Waals surface area (Å²) in [5.41, 5.74) is 3.30. The zero-order chi connectivity index (χ0) is 22.8. The van der Waals surface area contributed by atoms with E-state index < -0.39 is 0 Å². The van der Waals surface area contributed by atoms with Crippen molar-refractivity contribution in [1.29, 1.82) is 0 Å². The number of aromatic nitrogens is 5. The van der Waals surface area contributed by atoms with Crippen LogP contribution in [0.4, 0.5) is 4.39 Å². The molecule has 1 aliphatic rings. The highest BCUT2D eigenvalue weighted by Crippen LogP contribution is 2.32. The minimum atomic E-state index is -0.267. The molecule has 0 bridgehead atoms. The third-order valence-electron chi connectivity index (χ3n) is 6.05. The molecule has 9 heteroatoms. The van der Waals surface area contributed by atoms with Crippen molar-refractivity contribution in [2.45, 2.75) is 31.8 Å². The quantitative estimate of drug-likeness (QED) is 0.467. The Morgan fingerprint density at radius 2 is 2.09 bits per heavy atom. The van der Waals surface area contributed by atoms with Crippen LogP contribution < -0.4 is 0 Å². The molecule has 1 atom stereocenters. The third-order valence-corrected chi connectivity index (χ3v) is 6.05. The predicted molar refractivity (Wildman–Crippen MR) is 120 cm³/mol. The van der Waals surface area contributed by atoms with E-state index >= 15 is 0 Å². The molecule has 0 unspecified atom stereocenters. The van der Waals surface area contributed by atoms with Crippen molar-refractivity contribution in [2.75, 3.05) is 20.3 Å². The minimum Gasteiger partial charge on any atom is -0.383 e. The summed E-state index contributed by atoms with van der Waals surface area (Å²) < 4.78 is 20.3. The number of nitrogens with zero attached hydrogens (tertiary/aromatic N) is 5. The summed E-state index contributed by atoms with van der Waals surface area (Å²) in [5.74, 6) is 0.995. The maximum Gasteiger partial charge on any atom is 0.254 e. The number of benzene rings is 2. The topological polar surface area (TPSA) is 88.9 Å². The number of ether oxygens (including phenoxy) is 1. The SMILES string of the molecule is COCCn1cnc2cc(C(=O)N3CCC[C@H]3c3n[nH]c(Cc4ccc(F)cc4)n3)ccc21. The van der Waals surface area contributed by atoms with Crippen LogP contribution in [0.5, 0.6) is 0 Å². The molecule has 170 valence electrons. The average molecular weight is 449 g/mol. The Kier molecular flexibility index (Phi) is 5.87. The summed E-state index contributed by atoms with van der Waals surface area (Å²) in [4.78, 5) is 24.3. The van der Waals surface area contributed by atoms with Crippen LogP contribution in [0.1, 0.15) is 46.5 Å². The van der Waals surface area contributed by atoms with Crippen LogP contribution in [0.2, 0.25) is 0 Å². The summed E-state index contributed by atoms with van der Waals surface area (Å²) in [6.07, 6.45) is 4.00. The fourth-order valence-corrected chi connectivity index (χ4v) is 4.34. The van der Waals surface area contributed by atoms with E-state index in [2.05, 4.69) is 20.2 Å². The average Bonchev–Trinajstić information content (AvgIpc) is 3.58. The van der Waals surface area contributed by atoms with Gasteiger partial charge in [-0.2, -0.15) is 5.10 Å². The number of fused-ring (bicyclic) bond motifs is 1. The highest BCUT2D eigenvalue weighted by molar-refractivity contribution is 5.97. The van der Waals surface area contributed by atoms with Gasteiger partial charge in [0.1, 0.15) is 11.6 Å². The molecule has 3 heterocycles. The zero-order valence-electron chi connectivity index (χ0n) is 18.4. The van der Waals surface area contributed by atoms with Gasteiger partial charge in [0, 0.05) is 32.2 Å². The van der Waals surface area contributed by atoms with E-state index in [1.54, 1.807) is 25.6 Å². The van der Waals surface area contributed by atoms with Crippen LogP contribution in [0, 0.1) is 5.82 Å². The number of H-pyrrole nitrogens is 1. The number of halogens is 1. The number of methoxy groups -OCH3 is 1. The van der Waals surface area contributed by atoms with Crippen LogP contribution in [0.15, 0.2) is 48.8 Å². The van der Waals surface area contributed by atoms with E-state index in [-0.39, 0.29) is 17.8 Å². The second kappa shape index (κ2) is 9.11. The van der Waals surface area contributed by atoms with E-state index in [0.717, 1.165) is 29.4 Å². The van der Waals surface area contributed by atoms with Crippen LogP contribution >= 0.6 is 0 Å². The Labute approximate surface area is 190 Å². The normalized spacial score (nSPS) is 16.1. The molecule has 0 aliphatic carbocycles. The lowest BCUT2D eigenvalue weighted by molar-refractivity contribution is 0.0730. The van der Waals surface area contributed by atoms with E-state index in [4.69, 9.17) is 4.74 Å². The van der Waals surface area contributed by atoms with Gasteiger partial charge in [0.2, 0.25) is 0 Å². The molecule has 0 saturated carbocycles. The van der Waals surface area contributed by atoms with Gasteiger partial charge >= 0.3 is 0 Å². The molecule has 1 amide bonds. The van der Waals surface area contributed by atoms with Gasteiger partial charge in [-0.05, 0) is 48.7 Å². The van der Waals surface area contributed by atoms with Crippen molar-refractivity contribution < 1.29 is 13.9 Å². The van der Waals surface area contributed by atoms with Crippen LogP contribution in [-0.4, -0.2) is 55.8 Å². The largest absolute Gasteiger partial charge is 0.383 e. The molecule has 0 spiro atoms. The molecular formula is C24H25FN6O2. The third kappa shape index (κ3) is 4.36. The van der Waals surface area contributed by atoms with Gasteiger partial charge in [-0.15, -0.1) is 0 Å². The lowest BCUT2D eigenvalue weighted by Gasteiger charge is -2.22. The summed E-state index contributed by atoms with van der Waals surface area (Å²) in [7, 11) is 1.67. The molecule has 1 fully saturated rings. The lowest BCUT2D eigenvalue weighted by atomic mass is 10.1. The monoisotopic (exact) mass is 448 g/mol. The number of hydrogen-bond donors (Lipinski definition) is 1. The van der Waals surface area contributed by atoms with Crippen LogP contribution in [-0.2, 0) is 17.7 Å². The number of aromatic amines is 1. The number of rotatable bonds is 7. The maximum atomic E-state index is 13.4. The molecule has 5 rings (SSSR count). The Bertz CT molecular complexity index is 1270. The first-order valence-corrected chi connectivity index (χ1v) is 11.0. The Morgan fingerprint density at radius 1 is 1.24 bits per heavy atom. The smallest absolute Gasteiger partial charge is 0.254 e. The molecule has 2 aromatic carbocycles. The Hall–Kier alpha value is -3.59. The Morgan fingerprint density at radius 3 is 2.91 bits per heavy atom. The van der Waals surface area contributed by atoms with Crippen molar-refractivity contribution >= 4 is 16.9 Å². The second-order valence-corrected chi connectivity index (χ2v) is 8.23. The number of carbonyl (C=O) groups excluding carboxylic acids is 1. The first-order chi connectivity index (χ1) is 16.1. The molecule has 8 nitrogen and oxygen atoms in total. The highest BCUT2D eigenvalue weighted by atomic mass is 19.1. The maximum absolute atomic E-state index is 13.4. The summed E-state index contributed by atoms with van der Waals surface area (Å²) in [5, 5.41) is 7.36. The van der Waals surface area contributed by atoms with Gasteiger partial charge in [-0.25, -0.2) is 14.4 Å². The van der Waals surface area contributed by atoms with Crippen molar-refractivity contribution in [3.63, 3.8) is 0 Å². The standard InChI is InChI=1S/C24H25FN6O2/c1-33-12-11-30-15-26-19-14-17(6-9-20(19)30)24(32)31-10-2-3-21(31)23-27-22(28-29-23)13-16-4-7-18(25)8-5-16/h4-9,14-15,21H,2-3,10-13H2,1H3,(H,27,28,29)/t21-/m0/s1. The van der Waals surface area contributed by atoms with Gasteiger partial charge in [0.05, 0.1) is 30.0 Å². The molecular weight excluding hydrogens is 423 g/mol. The number of amides is 1. The van der Waals surface area contributed by atoms with Crippen molar-refractivity contribution in [3.05, 3.63) is 77.4 Å². The molecule has 4 aromatic rings. The fraction of sp³-hybridized carbons (Fsp3) is 0.333. The summed E-state index contributed by atoms with van der Waals surface area (Å²) >= 11 is 0. The van der Waals surface area contributed by atoms with Gasteiger partial charge in [-0.3, -0.25) is 9.89 Å². The van der Waals surface area contributed by atoms with Crippen molar-refractivity contribution in [3.8, 4) is 0 Å².